The van der Waals surface area contributed by atoms with Crippen LogP contribution in [0.5, 0.6) is 0 Å². The molecule has 2 aromatic carbocycles. The van der Waals surface area contributed by atoms with Crippen molar-refractivity contribution in [2.45, 2.75) is 0 Å². The zero-order valence-corrected chi connectivity index (χ0v) is 12.3. The molecule has 1 nitrogen and oxygen atoms in total. The molecule has 0 spiro atoms. The monoisotopic (exact) mass is 325 g/mol. The second-order valence-electron chi connectivity index (χ2n) is 4.24. The molecule has 0 aliphatic carbocycles. The van der Waals surface area contributed by atoms with Crippen LogP contribution in [0.25, 0.3) is 22.2 Å². The lowest BCUT2D eigenvalue weighted by molar-refractivity contribution is 0.630. The van der Waals surface area contributed by atoms with Gasteiger partial charge < -0.3 is 0 Å². The number of aromatic nitrogens is 1. The van der Waals surface area contributed by atoms with Gasteiger partial charge in [-0.1, -0.05) is 65.1 Å². The predicted octanol–water partition coefficient (Wildman–Crippen LogP) is 6.00. The van der Waals surface area contributed by atoms with Crippen LogP contribution in [0.4, 0.5) is 4.39 Å². The number of fused-ring (bicyclic) bond motifs is 1. The second-order valence-corrected chi connectivity index (χ2v) is 5.40. The molecule has 0 radical (unpaired) electrons. The molecule has 1 heterocycles. The number of benzene rings is 2. The molecule has 0 saturated heterocycles. The van der Waals surface area contributed by atoms with Crippen LogP contribution in [0.3, 0.4) is 0 Å². The summed E-state index contributed by atoms with van der Waals surface area (Å²) in [6.07, 6.45) is 0. The number of rotatable bonds is 1. The summed E-state index contributed by atoms with van der Waals surface area (Å²) in [5.74, 6) is -0.611. The zero-order chi connectivity index (χ0) is 14.3. The van der Waals surface area contributed by atoms with E-state index in [-0.39, 0.29) is 10.0 Å². The van der Waals surface area contributed by atoms with Crippen LogP contribution < -0.4 is 0 Å². The number of pyridine rings is 1. The average molecular weight is 327 g/mol. The van der Waals surface area contributed by atoms with Crippen molar-refractivity contribution in [2.24, 2.45) is 0 Å². The molecule has 0 amide bonds. The normalized spacial score (nSPS) is 11.0. The minimum atomic E-state index is -0.611. The first-order valence-corrected chi connectivity index (χ1v) is 6.90. The van der Waals surface area contributed by atoms with Crippen molar-refractivity contribution in [3.05, 3.63) is 63.3 Å². The fourth-order valence-corrected chi connectivity index (χ4v) is 2.61. The summed E-state index contributed by atoms with van der Waals surface area (Å²) >= 11 is 18.1. The number of hydrogen-bond donors (Lipinski definition) is 0. The molecule has 5 heteroatoms. The van der Waals surface area contributed by atoms with Crippen molar-refractivity contribution >= 4 is 45.7 Å². The lowest BCUT2D eigenvalue weighted by Gasteiger charge is -2.08. The molecule has 3 aromatic rings. The standard InChI is InChI=1S/C15H7Cl3FN/c16-10-7-12(8-4-2-1-3-5-8)20-15-9(10)6-11(19)13(17)14(15)18/h1-7H. The van der Waals surface area contributed by atoms with Gasteiger partial charge in [-0.3, -0.25) is 0 Å². The minimum absolute atomic E-state index is 0.0707. The third-order valence-electron chi connectivity index (χ3n) is 2.96. The Balaban J connectivity index is 2.34. The van der Waals surface area contributed by atoms with Crippen LogP contribution in [0.15, 0.2) is 42.5 Å². The van der Waals surface area contributed by atoms with Crippen molar-refractivity contribution in [1.29, 1.82) is 0 Å². The molecular weight excluding hydrogens is 320 g/mol. The molecule has 0 atom stereocenters. The van der Waals surface area contributed by atoms with Crippen molar-refractivity contribution in [3.63, 3.8) is 0 Å². The highest BCUT2D eigenvalue weighted by Gasteiger charge is 2.15. The molecule has 0 saturated carbocycles. The van der Waals surface area contributed by atoms with Gasteiger partial charge in [-0.25, -0.2) is 9.37 Å². The first-order chi connectivity index (χ1) is 9.58. The fraction of sp³-hybridized carbons (Fsp3) is 0. The van der Waals surface area contributed by atoms with E-state index < -0.39 is 5.82 Å². The van der Waals surface area contributed by atoms with Gasteiger partial charge in [-0.15, -0.1) is 0 Å². The van der Waals surface area contributed by atoms with Crippen molar-refractivity contribution in [3.8, 4) is 11.3 Å². The highest BCUT2D eigenvalue weighted by Crippen LogP contribution is 2.37. The average Bonchev–Trinajstić information content (AvgIpc) is 2.47. The van der Waals surface area contributed by atoms with Gasteiger partial charge in [0.2, 0.25) is 0 Å². The van der Waals surface area contributed by atoms with Gasteiger partial charge in [0.05, 0.1) is 26.3 Å². The zero-order valence-electron chi connectivity index (χ0n) is 10.0. The van der Waals surface area contributed by atoms with Crippen LogP contribution >= 0.6 is 34.8 Å². The molecule has 0 bridgehead atoms. The number of hydrogen-bond acceptors (Lipinski definition) is 1. The predicted molar refractivity (Wildman–Crippen MR) is 82.2 cm³/mol. The fourth-order valence-electron chi connectivity index (χ4n) is 1.98. The third kappa shape index (κ3) is 2.24. The summed E-state index contributed by atoms with van der Waals surface area (Å²) in [6.45, 7) is 0. The molecule has 20 heavy (non-hydrogen) atoms. The van der Waals surface area contributed by atoms with Crippen LogP contribution in [-0.4, -0.2) is 4.98 Å². The van der Waals surface area contributed by atoms with Crippen LogP contribution in [0.2, 0.25) is 15.1 Å². The van der Waals surface area contributed by atoms with E-state index in [1.807, 2.05) is 30.3 Å². The summed E-state index contributed by atoms with van der Waals surface area (Å²) < 4.78 is 13.6. The van der Waals surface area contributed by atoms with Gasteiger partial charge in [0, 0.05) is 10.9 Å². The SMILES string of the molecule is Fc1cc2c(Cl)cc(-c3ccccc3)nc2c(Cl)c1Cl. The van der Waals surface area contributed by atoms with Gasteiger partial charge in [0.25, 0.3) is 0 Å². The summed E-state index contributed by atoms with van der Waals surface area (Å²) in [4.78, 5) is 4.44. The minimum Gasteiger partial charge on any atom is -0.246 e. The lowest BCUT2D eigenvalue weighted by atomic mass is 10.1. The summed E-state index contributed by atoms with van der Waals surface area (Å²) in [7, 11) is 0. The van der Waals surface area contributed by atoms with E-state index >= 15 is 0 Å². The van der Waals surface area contributed by atoms with E-state index in [2.05, 4.69) is 4.98 Å². The molecule has 3 rings (SSSR count). The number of nitrogens with zero attached hydrogens (tertiary/aromatic N) is 1. The van der Waals surface area contributed by atoms with Crippen molar-refractivity contribution in [2.75, 3.05) is 0 Å². The van der Waals surface area contributed by atoms with E-state index in [1.165, 1.54) is 6.07 Å². The Bertz CT molecular complexity index is 803. The Morgan fingerprint density at radius 2 is 1.60 bits per heavy atom. The second kappa shape index (κ2) is 5.21. The molecule has 0 aliphatic rings. The first-order valence-electron chi connectivity index (χ1n) is 5.77. The van der Waals surface area contributed by atoms with Gasteiger partial charge >= 0.3 is 0 Å². The first kappa shape index (κ1) is 13.6. The summed E-state index contributed by atoms with van der Waals surface area (Å²) in [5, 5.41) is 0.749. The highest BCUT2D eigenvalue weighted by atomic mass is 35.5. The Morgan fingerprint density at radius 3 is 2.30 bits per heavy atom. The van der Waals surface area contributed by atoms with Crippen LogP contribution in [0, 0.1) is 5.82 Å². The van der Waals surface area contributed by atoms with Crippen LogP contribution in [0.1, 0.15) is 0 Å². The molecule has 1 aromatic heterocycles. The van der Waals surface area contributed by atoms with E-state index in [0.29, 0.717) is 21.6 Å². The molecule has 0 aliphatic heterocycles. The smallest absolute Gasteiger partial charge is 0.144 e. The van der Waals surface area contributed by atoms with E-state index in [9.17, 15) is 4.39 Å². The molecular formula is C15H7Cl3FN. The van der Waals surface area contributed by atoms with E-state index in [1.54, 1.807) is 6.07 Å². The Kier molecular flexibility index (Phi) is 3.55. The molecule has 100 valence electrons. The lowest BCUT2D eigenvalue weighted by Crippen LogP contribution is -1.90. The summed E-state index contributed by atoms with van der Waals surface area (Å²) in [5.41, 5.74) is 1.95. The van der Waals surface area contributed by atoms with Crippen molar-refractivity contribution < 1.29 is 4.39 Å². The molecule has 0 fully saturated rings. The van der Waals surface area contributed by atoms with Crippen LogP contribution in [-0.2, 0) is 0 Å². The topological polar surface area (TPSA) is 12.9 Å². The Labute approximate surface area is 129 Å². The van der Waals surface area contributed by atoms with Gasteiger partial charge in [-0.2, -0.15) is 0 Å². The van der Waals surface area contributed by atoms with Crippen molar-refractivity contribution in [1.82, 2.24) is 4.98 Å². The maximum atomic E-state index is 13.6. The Hall–Kier alpha value is -1.35. The number of halogens is 4. The largest absolute Gasteiger partial charge is 0.246 e. The maximum absolute atomic E-state index is 13.6. The maximum Gasteiger partial charge on any atom is 0.144 e. The quantitative estimate of drug-likeness (QED) is 0.500. The van der Waals surface area contributed by atoms with E-state index in [4.69, 9.17) is 34.8 Å². The van der Waals surface area contributed by atoms with E-state index in [0.717, 1.165) is 5.56 Å². The highest BCUT2D eigenvalue weighted by molar-refractivity contribution is 6.46. The van der Waals surface area contributed by atoms with Gasteiger partial charge in [0.15, 0.2) is 0 Å². The molecule has 0 N–H and O–H groups in total. The van der Waals surface area contributed by atoms with Gasteiger partial charge in [-0.05, 0) is 12.1 Å². The third-order valence-corrected chi connectivity index (χ3v) is 4.11. The van der Waals surface area contributed by atoms with Gasteiger partial charge in [0.1, 0.15) is 5.82 Å². The summed E-state index contributed by atoms with van der Waals surface area (Å²) in [6, 6.07) is 12.4. The Morgan fingerprint density at radius 1 is 0.900 bits per heavy atom. The molecule has 0 unspecified atom stereocenters.